The Morgan fingerprint density at radius 1 is 1.06 bits per heavy atom. The van der Waals surface area contributed by atoms with Crippen molar-refractivity contribution in [2.45, 2.75) is 13.8 Å². The second kappa shape index (κ2) is 9.76. The van der Waals surface area contributed by atoms with Gasteiger partial charge < -0.3 is 14.4 Å². The van der Waals surface area contributed by atoms with E-state index in [-0.39, 0.29) is 12.2 Å². The molecule has 0 unspecified atom stereocenters. The predicted octanol–water partition coefficient (Wildman–Crippen LogP) is 6.36. The second-order valence-corrected chi connectivity index (χ2v) is 7.65. The van der Waals surface area contributed by atoms with Crippen LogP contribution in [-0.2, 0) is 4.74 Å². The number of ether oxygens (including phenoxy) is 1. The lowest BCUT2D eigenvalue weighted by Gasteiger charge is -2.23. The maximum absolute atomic E-state index is 13.0. The molecule has 0 aliphatic heterocycles. The number of benzene rings is 2. The van der Waals surface area contributed by atoms with E-state index >= 15 is 0 Å². The van der Waals surface area contributed by atoms with Gasteiger partial charge in [-0.2, -0.15) is 0 Å². The number of carboxylic acid groups (broad SMARTS) is 1. The van der Waals surface area contributed by atoms with Crippen molar-refractivity contribution in [3.63, 3.8) is 0 Å². The van der Waals surface area contributed by atoms with Gasteiger partial charge in [-0.3, -0.25) is 4.98 Å². The maximum atomic E-state index is 13.0. The minimum absolute atomic E-state index is 0.112. The molecule has 8 nitrogen and oxygen atoms in total. The van der Waals surface area contributed by atoms with E-state index in [0.29, 0.717) is 39.1 Å². The maximum Gasteiger partial charge on any atom is 0.419 e. The molecule has 0 radical (unpaired) electrons. The number of para-hydroxylation sites is 1. The molecule has 4 rings (SSSR count). The summed E-state index contributed by atoms with van der Waals surface area (Å²) < 4.78 is 10.9. The Labute approximate surface area is 200 Å². The average Bonchev–Trinajstić information content (AvgIpc) is 3.22. The molecule has 0 fully saturated rings. The molecule has 0 saturated carbocycles. The van der Waals surface area contributed by atoms with E-state index < -0.39 is 12.1 Å². The molecule has 2 aromatic carbocycles. The first-order valence-corrected chi connectivity index (χ1v) is 10.8. The van der Waals surface area contributed by atoms with E-state index in [1.165, 1.54) is 17.2 Å². The monoisotopic (exact) mass is 477 g/mol. The Balaban J connectivity index is 1.75. The molecule has 1 amide bonds. The van der Waals surface area contributed by atoms with Crippen LogP contribution in [0.2, 0.25) is 5.02 Å². The molecule has 9 heteroatoms. The van der Waals surface area contributed by atoms with Gasteiger partial charge in [-0.25, -0.2) is 14.5 Å². The highest BCUT2D eigenvalue weighted by molar-refractivity contribution is 6.34. The molecule has 4 aromatic rings. The third kappa shape index (κ3) is 4.49. The number of rotatable bonds is 6. The molecular weight excluding hydrogens is 458 g/mol. The van der Waals surface area contributed by atoms with Crippen LogP contribution in [0.25, 0.3) is 22.6 Å². The van der Waals surface area contributed by atoms with Gasteiger partial charge in [0, 0.05) is 17.3 Å². The van der Waals surface area contributed by atoms with Crippen molar-refractivity contribution in [2.24, 2.45) is 0 Å². The van der Waals surface area contributed by atoms with E-state index in [9.17, 15) is 9.59 Å². The summed E-state index contributed by atoms with van der Waals surface area (Å²) in [4.78, 5) is 29.6. The molecule has 0 bridgehead atoms. The molecule has 1 N–H and O–H groups in total. The Kier molecular flexibility index (Phi) is 6.60. The van der Waals surface area contributed by atoms with Gasteiger partial charge >= 0.3 is 12.1 Å². The number of aryl methyl sites for hydroxylation is 1. The summed E-state index contributed by atoms with van der Waals surface area (Å²) in [6.45, 7) is 3.63. The van der Waals surface area contributed by atoms with Gasteiger partial charge in [0.25, 0.3) is 0 Å². The molecule has 0 atom stereocenters. The first kappa shape index (κ1) is 23.0. The van der Waals surface area contributed by atoms with Crippen molar-refractivity contribution in [2.75, 3.05) is 11.5 Å². The number of hydrogen-bond donors (Lipinski definition) is 1. The van der Waals surface area contributed by atoms with Crippen molar-refractivity contribution in [1.29, 1.82) is 0 Å². The van der Waals surface area contributed by atoms with Crippen molar-refractivity contribution in [3.05, 3.63) is 83.1 Å². The summed E-state index contributed by atoms with van der Waals surface area (Å²) in [7, 11) is 0. The minimum atomic E-state index is -1.03. The normalized spacial score (nSPS) is 10.7. The fourth-order valence-corrected chi connectivity index (χ4v) is 3.65. The standard InChI is InChI=1S/C25H20ClN3O5/c1-3-33-25(32)29(21-7-5-4-6-19(21)26)22-15(2)28-34-23(22)17-10-8-16(9-11-17)20-13-12-18(14-27-20)24(30)31/h4-14H,3H2,1-2H3,(H,30,31). The lowest BCUT2D eigenvalue weighted by molar-refractivity contribution is 0.0696. The van der Waals surface area contributed by atoms with Gasteiger partial charge in [0.2, 0.25) is 0 Å². The fraction of sp³-hybridized carbons (Fsp3) is 0.120. The highest BCUT2D eigenvalue weighted by Crippen LogP contribution is 2.41. The highest BCUT2D eigenvalue weighted by atomic mass is 35.5. The summed E-state index contributed by atoms with van der Waals surface area (Å²) in [5.41, 5.74) is 3.53. The van der Waals surface area contributed by atoms with Gasteiger partial charge in [0.1, 0.15) is 11.4 Å². The van der Waals surface area contributed by atoms with E-state index in [1.54, 1.807) is 44.2 Å². The molecule has 0 saturated heterocycles. The number of amides is 1. The third-order valence-corrected chi connectivity index (χ3v) is 5.37. The molecule has 34 heavy (non-hydrogen) atoms. The van der Waals surface area contributed by atoms with E-state index in [0.717, 1.165) is 5.56 Å². The van der Waals surface area contributed by atoms with E-state index in [2.05, 4.69) is 10.1 Å². The Morgan fingerprint density at radius 2 is 1.76 bits per heavy atom. The first-order chi connectivity index (χ1) is 16.4. The molecule has 2 aromatic heterocycles. The molecule has 0 aliphatic rings. The van der Waals surface area contributed by atoms with Crippen LogP contribution in [0, 0.1) is 6.92 Å². The molecule has 0 spiro atoms. The smallest absolute Gasteiger partial charge is 0.419 e. The van der Waals surface area contributed by atoms with Crippen LogP contribution in [-0.4, -0.2) is 33.9 Å². The number of carbonyl (C=O) groups is 2. The SMILES string of the molecule is CCOC(=O)N(c1ccccc1Cl)c1c(C)noc1-c1ccc(-c2ccc(C(=O)O)cn2)cc1. The lowest BCUT2D eigenvalue weighted by atomic mass is 10.0. The Morgan fingerprint density at radius 3 is 2.38 bits per heavy atom. The van der Waals surface area contributed by atoms with Gasteiger partial charge in [0.05, 0.1) is 28.6 Å². The number of halogens is 1. The van der Waals surface area contributed by atoms with Crippen molar-refractivity contribution >= 4 is 35.0 Å². The van der Waals surface area contributed by atoms with Gasteiger partial charge in [-0.05, 0) is 38.1 Å². The molecular formula is C25H20ClN3O5. The number of anilines is 2. The van der Waals surface area contributed by atoms with E-state index in [4.69, 9.17) is 26.0 Å². The van der Waals surface area contributed by atoms with E-state index in [1.807, 2.05) is 24.3 Å². The van der Waals surface area contributed by atoms with Crippen molar-refractivity contribution in [3.8, 4) is 22.6 Å². The number of carbonyl (C=O) groups excluding carboxylic acids is 1. The van der Waals surface area contributed by atoms with Crippen molar-refractivity contribution in [1.82, 2.24) is 10.1 Å². The van der Waals surface area contributed by atoms with Gasteiger partial charge in [0.15, 0.2) is 5.76 Å². The Bertz CT molecular complexity index is 1330. The number of hydrogen-bond acceptors (Lipinski definition) is 6. The number of carboxylic acids is 1. The lowest BCUT2D eigenvalue weighted by Crippen LogP contribution is -2.27. The zero-order valence-corrected chi connectivity index (χ0v) is 19.1. The summed E-state index contributed by atoms with van der Waals surface area (Å²) in [5, 5.41) is 13.5. The molecule has 2 heterocycles. The minimum Gasteiger partial charge on any atom is -0.478 e. The zero-order chi connectivity index (χ0) is 24.2. The highest BCUT2D eigenvalue weighted by Gasteiger charge is 2.30. The largest absolute Gasteiger partial charge is 0.478 e. The summed E-state index contributed by atoms with van der Waals surface area (Å²) >= 11 is 6.41. The quantitative estimate of drug-likeness (QED) is 0.344. The van der Waals surface area contributed by atoms with Gasteiger partial charge in [-0.15, -0.1) is 0 Å². The third-order valence-electron chi connectivity index (χ3n) is 5.05. The topological polar surface area (TPSA) is 106 Å². The van der Waals surface area contributed by atoms with Gasteiger partial charge in [-0.1, -0.05) is 53.2 Å². The number of aromatic nitrogens is 2. The van der Waals surface area contributed by atoms with Crippen LogP contribution < -0.4 is 4.90 Å². The van der Waals surface area contributed by atoms with Crippen LogP contribution in [0.3, 0.4) is 0 Å². The van der Waals surface area contributed by atoms with Crippen LogP contribution in [0.5, 0.6) is 0 Å². The molecule has 0 aliphatic carbocycles. The summed E-state index contributed by atoms with van der Waals surface area (Å²) in [5.74, 6) is -0.668. The average molecular weight is 478 g/mol. The number of nitrogens with zero attached hydrogens (tertiary/aromatic N) is 3. The summed E-state index contributed by atoms with van der Waals surface area (Å²) in [6, 6.07) is 17.3. The second-order valence-electron chi connectivity index (χ2n) is 7.25. The zero-order valence-electron chi connectivity index (χ0n) is 18.4. The fourth-order valence-electron chi connectivity index (χ4n) is 3.43. The number of pyridine rings is 1. The molecule has 172 valence electrons. The summed E-state index contributed by atoms with van der Waals surface area (Å²) in [6.07, 6.45) is 0.701. The van der Waals surface area contributed by atoms with Crippen molar-refractivity contribution < 1.29 is 24.0 Å². The number of aromatic carboxylic acids is 1. The first-order valence-electron chi connectivity index (χ1n) is 10.4. The van der Waals surface area contributed by atoms with Crippen LogP contribution in [0.15, 0.2) is 71.4 Å². The predicted molar refractivity (Wildman–Crippen MR) is 127 cm³/mol. The van der Waals surface area contributed by atoms with Crippen LogP contribution >= 0.6 is 11.6 Å². The van der Waals surface area contributed by atoms with Crippen LogP contribution in [0.4, 0.5) is 16.2 Å². The van der Waals surface area contributed by atoms with Crippen LogP contribution in [0.1, 0.15) is 23.0 Å². The Hall–Kier alpha value is -4.17.